The predicted octanol–water partition coefficient (Wildman–Crippen LogP) is 2.64. The van der Waals surface area contributed by atoms with Crippen molar-refractivity contribution in [2.75, 3.05) is 7.11 Å². The Bertz CT molecular complexity index is 327. The van der Waals surface area contributed by atoms with Crippen LogP contribution in [-0.2, 0) is 0 Å². The number of rotatable bonds is 3. The highest BCUT2D eigenvalue weighted by atomic mass is 35.7. The third-order valence-electron chi connectivity index (χ3n) is 1.49. The van der Waals surface area contributed by atoms with Gasteiger partial charge in [0, 0.05) is 4.90 Å². The molecule has 0 bridgehead atoms. The molecule has 0 aliphatic rings. The lowest BCUT2D eigenvalue weighted by Gasteiger charge is -2.04. The highest BCUT2D eigenvalue weighted by Gasteiger charge is 2.11. The van der Waals surface area contributed by atoms with E-state index in [0.29, 0.717) is 10.6 Å². The first-order valence-electron chi connectivity index (χ1n) is 3.39. The zero-order chi connectivity index (χ0) is 9.84. The van der Waals surface area contributed by atoms with Crippen LogP contribution in [0.4, 0.5) is 0 Å². The van der Waals surface area contributed by atoms with Crippen LogP contribution >= 0.6 is 21.7 Å². The molecule has 5 heteroatoms. The molecule has 0 spiro atoms. The molecule has 0 aliphatic heterocycles. The molecule has 0 amide bonds. The summed E-state index contributed by atoms with van der Waals surface area (Å²) in [6.45, 7) is 0. The first-order chi connectivity index (χ1) is 6.19. The molecular weight excluding hydrogens is 212 g/mol. The van der Waals surface area contributed by atoms with Gasteiger partial charge in [-0.05, 0) is 39.9 Å². The Morgan fingerprint density at radius 1 is 1.62 bits per heavy atom. The van der Waals surface area contributed by atoms with Crippen molar-refractivity contribution in [2.24, 2.45) is 0 Å². The molecular formula is C8H7ClO3S. The summed E-state index contributed by atoms with van der Waals surface area (Å²) in [6.07, 6.45) is 0. The molecule has 0 radical (unpaired) electrons. The molecule has 1 rings (SSSR count). The summed E-state index contributed by atoms with van der Waals surface area (Å²) in [6, 6.07) is 4.75. The first-order valence-corrected chi connectivity index (χ1v) is 5.03. The number of carboxylic acids is 1. The molecule has 0 aliphatic carbocycles. The van der Waals surface area contributed by atoms with Crippen LogP contribution < -0.4 is 4.74 Å². The number of carboxylic acid groups (broad SMARTS) is 1. The third kappa shape index (κ3) is 2.29. The molecule has 0 saturated carbocycles. The average Bonchev–Trinajstić information content (AvgIpc) is 2.16. The molecule has 13 heavy (non-hydrogen) atoms. The number of hydrogen-bond donors (Lipinski definition) is 1. The topological polar surface area (TPSA) is 46.5 Å². The Kier molecular flexibility index (Phi) is 3.45. The molecule has 0 heterocycles. The zero-order valence-corrected chi connectivity index (χ0v) is 8.35. The van der Waals surface area contributed by atoms with Crippen molar-refractivity contribution in [2.45, 2.75) is 4.90 Å². The molecule has 0 atom stereocenters. The average molecular weight is 219 g/mol. The van der Waals surface area contributed by atoms with Crippen molar-refractivity contribution >= 4 is 27.6 Å². The Labute approximate surface area is 84.2 Å². The van der Waals surface area contributed by atoms with Gasteiger partial charge in [-0.1, -0.05) is 0 Å². The number of ether oxygens (including phenoxy) is 1. The quantitative estimate of drug-likeness (QED) is 0.847. The minimum atomic E-state index is -1.02. The molecule has 1 N–H and O–H groups in total. The fourth-order valence-corrected chi connectivity index (χ4v) is 1.47. The SMILES string of the molecule is COc1ccc(SCl)cc1C(=O)O. The summed E-state index contributed by atoms with van der Waals surface area (Å²) in [4.78, 5) is 11.4. The number of carbonyl (C=O) groups is 1. The van der Waals surface area contributed by atoms with E-state index in [0.717, 1.165) is 11.0 Å². The molecule has 3 nitrogen and oxygen atoms in total. The molecule has 0 fully saturated rings. The van der Waals surface area contributed by atoms with E-state index in [1.807, 2.05) is 0 Å². The minimum absolute atomic E-state index is 0.119. The second-order valence-electron chi connectivity index (χ2n) is 2.24. The first kappa shape index (κ1) is 10.2. The van der Waals surface area contributed by atoms with Crippen LogP contribution in [0.1, 0.15) is 10.4 Å². The number of hydrogen-bond acceptors (Lipinski definition) is 3. The number of halogens is 1. The highest BCUT2D eigenvalue weighted by Crippen LogP contribution is 2.27. The van der Waals surface area contributed by atoms with Gasteiger partial charge in [-0.25, -0.2) is 4.79 Å². The van der Waals surface area contributed by atoms with E-state index in [4.69, 9.17) is 20.5 Å². The van der Waals surface area contributed by atoms with Crippen LogP contribution in [0, 0.1) is 0 Å². The van der Waals surface area contributed by atoms with Crippen molar-refractivity contribution in [3.63, 3.8) is 0 Å². The van der Waals surface area contributed by atoms with Crippen LogP contribution in [0.25, 0.3) is 0 Å². The normalized spacial score (nSPS) is 9.69. The van der Waals surface area contributed by atoms with Crippen molar-refractivity contribution in [1.29, 1.82) is 0 Å². The Balaban J connectivity index is 3.18. The molecule has 1 aromatic carbocycles. The van der Waals surface area contributed by atoms with E-state index < -0.39 is 5.97 Å². The van der Waals surface area contributed by atoms with Gasteiger partial charge in [-0.15, -0.1) is 0 Å². The Morgan fingerprint density at radius 3 is 2.77 bits per heavy atom. The van der Waals surface area contributed by atoms with Gasteiger partial charge in [0.1, 0.15) is 11.3 Å². The molecule has 0 saturated heterocycles. The molecule has 70 valence electrons. The van der Waals surface area contributed by atoms with Crippen molar-refractivity contribution in [3.8, 4) is 5.75 Å². The van der Waals surface area contributed by atoms with E-state index in [2.05, 4.69) is 0 Å². The van der Waals surface area contributed by atoms with E-state index in [1.165, 1.54) is 13.2 Å². The fraction of sp³-hybridized carbons (Fsp3) is 0.125. The predicted molar refractivity (Wildman–Crippen MR) is 51.7 cm³/mol. The summed E-state index contributed by atoms with van der Waals surface area (Å²) < 4.78 is 4.87. The summed E-state index contributed by atoms with van der Waals surface area (Å²) >= 11 is 0. The molecule has 1 aromatic rings. The molecule has 0 aromatic heterocycles. The lowest BCUT2D eigenvalue weighted by Crippen LogP contribution is -2.00. The summed E-state index contributed by atoms with van der Waals surface area (Å²) in [7, 11) is 7.88. The lowest BCUT2D eigenvalue weighted by molar-refractivity contribution is 0.0693. The summed E-state index contributed by atoms with van der Waals surface area (Å²) in [5, 5.41) is 8.78. The van der Waals surface area contributed by atoms with Crippen molar-refractivity contribution in [3.05, 3.63) is 23.8 Å². The standard InChI is InChI=1S/C8H7ClO3S/c1-12-7-3-2-5(13-9)4-6(7)8(10)11/h2-4H,1H3,(H,10,11). The maximum Gasteiger partial charge on any atom is 0.339 e. The second-order valence-corrected chi connectivity index (χ2v) is 3.33. The maximum atomic E-state index is 10.7. The van der Waals surface area contributed by atoms with Crippen LogP contribution in [-0.4, -0.2) is 18.2 Å². The van der Waals surface area contributed by atoms with Gasteiger partial charge in [0.25, 0.3) is 0 Å². The fourth-order valence-electron chi connectivity index (χ4n) is 0.902. The monoisotopic (exact) mass is 218 g/mol. The van der Waals surface area contributed by atoms with Gasteiger partial charge in [0.15, 0.2) is 0 Å². The number of benzene rings is 1. The second kappa shape index (κ2) is 4.39. The van der Waals surface area contributed by atoms with Crippen LogP contribution in [0.2, 0.25) is 0 Å². The third-order valence-corrected chi connectivity index (χ3v) is 2.46. The van der Waals surface area contributed by atoms with E-state index >= 15 is 0 Å². The van der Waals surface area contributed by atoms with Crippen LogP contribution in [0.5, 0.6) is 5.75 Å². The largest absolute Gasteiger partial charge is 0.496 e. The van der Waals surface area contributed by atoms with E-state index in [-0.39, 0.29) is 5.56 Å². The van der Waals surface area contributed by atoms with Gasteiger partial charge >= 0.3 is 5.97 Å². The van der Waals surface area contributed by atoms with Crippen molar-refractivity contribution in [1.82, 2.24) is 0 Å². The zero-order valence-electron chi connectivity index (χ0n) is 6.78. The highest BCUT2D eigenvalue weighted by molar-refractivity contribution is 8.21. The summed E-state index contributed by atoms with van der Waals surface area (Å²) in [5.41, 5.74) is 0.119. The van der Waals surface area contributed by atoms with Crippen LogP contribution in [0.15, 0.2) is 23.1 Å². The minimum Gasteiger partial charge on any atom is -0.496 e. The van der Waals surface area contributed by atoms with E-state index in [1.54, 1.807) is 12.1 Å². The van der Waals surface area contributed by atoms with Gasteiger partial charge < -0.3 is 9.84 Å². The number of methoxy groups -OCH3 is 1. The lowest BCUT2D eigenvalue weighted by atomic mass is 10.2. The maximum absolute atomic E-state index is 10.7. The Hall–Kier alpha value is -0.870. The number of aromatic carboxylic acids is 1. The molecule has 0 unspecified atom stereocenters. The van der Waals surface area contributed by atoms with Gasteiger partial charge in [-0.2, -0.15) is 0 Å². The van der Waals surface area contributed by atoms with Crippen LogP contribution in [0.3, 0.4) is 0 Å². The van der Waals surface area contributed by atoms with Gasteiger partial charge in [0.05, 0.1) is 7.11 Å². The summed E-state index contributed by atoms with van der Waals surface area (Å²) in [5.74, 6) is -0.689. The van der Waals surface area contributed by atoms with Gasteiger partial charge in [0.2, 0.25) is 0 Å². The smallest absolute Gasteiger partial charge is 0.339 e. The van der Waals surface area contributed by atoms with Gasteiger partial charge in [-0.3, -0.25) is 0 Å². The Morgan fingerprint density at radius 2 is 2.31 bits per heavy atom. The van der Waals surface area contributed by atoms with Crippen molar-refractivity contribution < 1.29 is 14.6 Å². The van der Waals surface area contributed by atoms with E-state index in [9.17, 15) is 4.79 Å².